The summed E-state index contributed by atoms with van der Waals surface area (Å²) in [6.07, 6.45) is 0.228. The number of aldehydes is 1. The monoisotopic (exact) mass is 431 g/mol. The van der Waals surface area contributed by atoms with Crippen LogP contribution in [0.2, 0.25) is 0 Å². The van der Waals surface area contributed by atoms with Gasteiger partial charge in [-0.3, -0.25) is 9.63 Å². The number of anilines is 1. The molecule has 0 unspecified atom stereocenters. The molecule has 0 N–H and O–H groups in total. The van der Waals surface area contributed by atoms with Crippen LogP contribution in [0.15, 0.2) is 84.9 Å². The third-order valence-electron chi connectivity index (χ3n) is 5.53. The highest BCUT2D eigenvalue weighted by Crippen LogP contribution is 2.44. The van der Waals surface area contributed by atoms with Crippen LogP contribution in [-0.2, 0) is 25.8 Å². The van der Waals surface area contributed by atoms with E-state index < -0.39 is 24.0 Å². The summed E-state index contributed by atoms with van der Waals surface area (Å²) in [5.74, 6) is -0.371. The van der Waals surface area contributed by atoms with E-state index in [9.17, 15) is 9.59 Å². The molecular formula is C26H25NO5. The highest BCUT2D eigenvalue weighted by atomic mass is 16.7. The second-order valence-corrected chi connectivity index (χ2v) is 7.54. The van der Waals surface area contributed by atoms with Crippen molar-refractivity contribution in [3.63, 3.8) is 0 Å². The zero-order valence-corrected chi connectivity index (χ0v) is 17.8. The molecule has 3 aromatic carbocycles. The summed E-state index contributed by atoms with van der Waals surface area (Å²) in [5, 5.41) is 1.71. The van der Waals surface area contributed by atoms with Crippen molar-refractivity contribution >= 4 is 17.9 Å². The lowest BCUT2D eigenvalue weighted by Gasteiger charge is -2.27. The van der Waals surface area contributed by atoms with Crippen LogP contribution in [0.5, 0.6) is 5.75 Å². The molecule has 164 valence electrons. The Balaban J connectivity index is 1.68. The zero-order valence-electron chi connectivity index (χ0n) is 17.8. The predicted molar refractivity (Wildman–Crippen MR) is 120 cm³/mol. The van der Waals surface area contributed by atoms with Gasteiger partial charge in [0.1, 0.15) is 30.7 Å². The van der Waals surface area contributed by atoms with E-state index in [0.29, 0.717) is 5.75 Å². The van der Waals surface area contributed by atoms with Crippen molar-refractivity contribution in [3.8, 4) is 5.75 Å². The summed E-state index contributed by atoms with van der Waals surface area (Å²) >= 11 is 0. The molecule has 0 saturated carbocycles. The minimum atomic E-state index is -0.683. The molecule has 1 heterocycles. The van der Waals surface area contributed by atoms with Gasteiger partial charge in [0, 0.05) is 6.42 Å². The van der Waals surface area contributed by atoms with E-state index in [0.717, 1.165) is 23.1 Å². The van der Waals surface area contributed by atoms with E-state index in [1.54, 1.807) is 12.2 Å². The molecule has 0 aromatic heterocycles. The van der Waals surface area contributed by atoms with Gasteiger partial charge in [-0.05, 0) is 35.4 Å². The van der Waals surface area contributed by atoms with Crippen LogP contribution in [0.3, 0.4) is 0 Å². The molecule has 3 aromatic rings. The van der Waals surface area contributed by atoms with Gasteiger partial charge in [0.2, 0.25) is 0 Å². The number of carbonyl (C=O) groups is 2. The van der Waals surface area contributed by atoms with Crippen LogP contribution < -0.4 is 9.80 Å². The van der Waals surface area contributed by atoms with Crippen LogP contribution in [-0.4, -0.2) is 25.5 Å². The SMILES string of the molecule is COc1ccc([C@H]2[C@@H](C(=O)OCc3ccccc3)[C@@H](CC=O)ON2c2ccccc2)cc1. The first-order chi connectivity index (χ1) is 15.7. The molecule has 6 nitrogen and oxygen atoms in total. The molecule has 1 saturated heterocycles. The first-order valence-electron chi connectivity index (χ1n) is 10.5. The number of benzene rings is 3. The van der Waals surface area contributed by atoms with Gasteiger partial charge in [-0.2, -0.15) is 0 Å². The Morgan fingerprint density at radius 2 is 1.62 bits per heavy atom. The number of hydrogen-bond acceptors (Lipinski definition) is 6. The lowest BCUT2D eigenvalue weighted by atomic mass is 9.88. The van der Waals surface area contributed by atoms with Gasteiger partial charge in [0.15, 0.2) is 0 Å². The van der Waals surface area contributed by atoms with Crippen LogP contribution in [0.4, 0.5) is 5.69 Å². The fourth-order valence-electron chi connectivity index (χ4n) is 3.96. The number of ether oxygens (including phenoxy) is 2. The maximum Gasteiger partial charge on any atom is 0.314 e. The van der Waals surface area contributed by atoms with Crippen molar-refractivity contribution in [3.05, 3.63) is 96.1 Å². The van der Waals surface area contributed by atoms with Crippen molar-refractivity contribution in [1.82, 2.24) is 0 Å². The Bertz CT molecular complexity index is 1020. The van der Waals surface area contributed by atoms with Crippen molar-refractivity contribution in [1.29, 1.82) is 0 Å². The van der Waals surface area contributed by atoms with E-state index in [4.69, 9.17) is 14.3 Å². The Morgan fingerprint density at radius 1 is 0.969 bits per heavy atom. The number of esters is 1. The summed E-state index contributed by atoms with van der Waals surface area (Å²) in [6.45, 7) is 0.157. The van der Waals surface area contributed by atoms with Gasteiger partial charge >= 0.3 is 5.97 Å². The molecule has 0 spiro atoms. The van der Waals surface area contributed by atoms with E-state index in [2.05, 4.69) is 0 Å². The Labute approximate surface area is 187 Å². The molecular weight excluding hydrogens is 406 g/mol. The number of nitrogens with zero attached hydrogens (tertiary/aromatic N) is 1. The van der Waals surface area contributed by atoms with Crippen molar-refractivity contribution < 1.29 is 23.9 Å². The highest BCUT2D eigenvalue weighted by molar-refractivity contribution is 5.77. The topological polar surface area (TPSA) is 65.1 Å². The summed E-state index contributed by atoms with van der Waals surface area (Å²) in [5.41, 5.74) is 2.56. The number of carbonyl (C=O) groups excluding carboxylic acids is 2. The number of hydrogen-bond donors (Lipinski definition) is 0. The van der Waals surface area contributed by atoms with E-state index in [1.165, 1.54) is 0 Å². The molecule has 1 aliphatic heterocycles. The predicted octanol–water partition coefficient (Wildman–Crippen LogP) is 4.51. The van der Waals surface area contributed by atoms with E-state index >= 15 is 0 Å². The summed E-state index contributed by atoms with van der Waals surface area (Å²) in [4.78, 5) is 30.9. The van der Waals surface area contributed by atoms with Gasteiger partial charge in [-0.1, -0.05) is 60.7 Å². The van der Waals surface area contributed by atoms with E-state index in [-0.39, 0.29) is 13.0 Å². The minimum Gasteiger partial charge on any atom is -0.497 e. The molecule has 3 atom stereocenters. The fraction of sp³-hybridized carbons (Fsp3) is 0.231. The highest BCUT2D eigenvalue weighted by Gasteiger charge is 2.49. The van der Waals surface area contributed by atoms with Gasteiger partial charge in [0.25, 0.3) is 0 Å². The second-order valence-electron chi connectivity index (χ2n) is 7.54. The Morgan fingerprint density at radius 3 is 2.25 bits per heavy atom. The third-order valence-corrected chi connectivity index (χ3v) is 5.53. The molecule has 0 radical (unpaired) electrons. The lowest BCUT2D eigenvalue weighted by molar-refractivity contribution is -0.152. The van der Waals surface area contributed by atoms with E-state index in [1.807, 2.05) is 84.9 Å². The van der Waals surface area contributed by atoms with Crippen molar-refractivity contribution in [2.45, 2.75) is 25.2 Å². The maximum absolute atomic E-state index is 13.3. The summed E-state index contributed by atoms with van der Waals surface area (Å²) in [6, 6.07) is 26.1. The average molecular weight is 431 g/mol. The van der Waals surface area contributed by atoms with Crippen molar-refractivity contribution in [2.75, 3.05) is 12.2 Å². The van der Waals surface area contributed by atoms with Gasteiger partial charge in [-0.25, -0.2) is 5.06 Å². The first-order valence-corrected chi connectivity index (χ1v) is 10.5. The molecule has 1 fully saturated rings. The fourth-order valence-corrected chi connectivity index (χ4v) is 3.96. The quantitative estimate of drug-likeness (QED) is 0.386. The number of hydroxylamine groups is 1. The summed E-state index contributed by atoms with van der Waals surface area (Å²) in [7, 11) is 1.60. The van der Waals surface area contributed by atoms with Crippen molar-refractivity contribution in [2.24, 2.45) is 5.92 Å². The standard InChI is InChI=1S/C26H25NO5/c1-30-22-14-12-20(13-15-22)25-24(26(29)31-18-19-8-4-2-5-9-19)23(16-17-28)32-27(25)21-10-6-3-7-11-21/h2-15,17,23-25H,16,18H2,1H3/t23-,24+,25+/m1/s1. The second kappa shape index (κ2) is 10.1. The lowest BCUT2D eigenvalue weighted by Crippen LogP contribution is -2.31. The van der Waals surface area contributed by atoms with Crippen LogP contribution in [0.25, 0.3) is 0 Å². The normalized spacial score (nSPS) is 20.0. The largest absolute Gasteiger partial charge is 0.497 e. The van der Waals surface area contributed by atoms with Crippen LogP contribution in [0.1, 0.15) is 23.6 Å². The minimum absolute atomic E-state index is 0.0844. The Hall–Kier alpha value is -3.64. The molecule has 6 heteroatoms. The maximum atomic E-state index is 13.3. The third kappa shape index (κ3) is 4.65. The van der Waals surface area contributed by atoms with Gasteiger partial charge in [-0.15, -0.1) is 0 Å². The van der Waals surface area contributed by atoms with Gasteiger partial charge < -0.3 is 14.3 Å². The zero-order chi connectivity index (χ0) is 22.3. The molecule has 1 aliphatic rings. The number of methoxy groups -OCH3 is 1. The number of para-hydroxylation sites is 1. The Kier molecular flexibility index (Phi) is 6.82. The van der Waals surface area contributed by atoms with Crippen LogP contribution >= 0.6 is 0 Å². The molecule has 0 amide bonds. The van der Waals surface area contributed by atoms with Gasteiger partial charge in [0.05, 0.1) is 18.8 Å². The number of rotatable bonds is 8. The molecule has 0 bridgehead atoms. The first kappa shape index (κ1) is 21.6. The van der Waals surface area contributed by atoms with Crippen LogP contribution in [0, 0.1) is 5.92 Å². The smallest absolute Gasteiger partial charge is 0.314 e. The molecule has 0 aliphatic carbocycles. The summed E-state index contributed by atoms with van der Waals surface area (Å²) < 4.78 is 11.0. The molecule has 4 rings (SSSR count). The molecule has 32 heavy (non-hydrogen) atoms. The average Bonchev–Trinajstić information content (AvgIpc) is 3.23.